The van der Waals surface area contributed by atoms with Gasteiger partial charge in [0.05, 0.1) is 24.4 Å². The molecule has 1 aromatic carbocycles. The number of aliphatic hydroxyl groups excluding tert-OH is 1. The van der Waals surface area contributed by atoms with E-state index in [1.165, 1.54) is 14.0 Å². The lowest BCUT2D eigenvalue weighted by Crippen LogP contribution is -2.81. The third-order valence-electron chi connectivity index (χ3n) is 13.5. The molecule has 7 rings (SSSR count). The molecule has 6 fully saturated rings. The second-order valence-corrected chi connectivity index (χ2v) is 15.3. The molecule has 0 radical (unpaired) electrons. The Balaban J connectivity index is 1.52. The van der Waals surface area contributed by atoms with E-state index < -0.39 is 106 Å². The lowest BCUT2D eigenvalue weighted by molar-refractivity contribution is -0.322. The third-order valence-corrected chi connectivity index (χ3v) is 13.7. The Morgan fingerprint density at radius 1 is 0.980 bits per heavy atom. The Kier molecular flexibility index (Phi) is 9.11. The summed E-state index contributed by atoms with van der Waals surface area (Å²) in [6.45, 7) is 4.48. The number of halogens is 1. The minimum absolute atomic E-state index is 0.0335. The van der Waals surface area contributed by atoms with Gasteiger partial charge in [-0.05, 0) is 31.0 Å². The topological polar surface area (TPSA) is 160 Å². The number of ether oxygens (including phenoxy) is 7. The maximum atomic E-state index is 13.9. The Morgan fingerprint density at radius 3 is 2.28 bits per heavy atom. The van der Waals surface area contributed by atoms with E-state index in [0.717, 1.165) is 0 Å². The second kappa shape index (κ2) is 12.6. The number of methoxy groups -OCH3 is 4. The molecular weight excluding hydrogens is 674 g/mol. The fraction of sp³-hybridized carbons (Fsp3) is 0.750. The highest BCUT2D eigenvalue weighted by molar-refractivity contribution is 6.26. The molecule has 276 valence electrons. The van der Waals surface area contributed by atoms with Crippen molar-refractivity contribution in [2.45, 2.75) is 80.6 Å². The molecule has 15 atom stereocenters. The maximum Gasteiger partial charge on any atom is 0.338 e. The first-order chi connectivity index (χ1) is 23.9. The summed E-state index contributed by atoms with van der Waals surface area (Å²) in [6.07, 6.45) is -5.73. The summed E-state index contributed by atoms with van der Waals surface area (Å²) in [4.78, 5) is 42.4. The number of carbonyl (C=O) groups excluding carboxylic acids is 3. The molecule has 5 saturated carbocycles. The number of alkyl halides is 1. The largest absolute Gasteiger partial charge is 0.461 e. The normalized spacial score (nSPS) is 46.7. The molecule has 7 bridgehead atoms. The molecule has 1 heterocycles. The number of hydrogen-bond acceptors (Lipinski definition) is 13. The van der Waals surface area contributed by atoms with Gasteiger partial charge in [-0.3, -0.25) is 14.5 Å². The van der Waals surface area contributed by atoms with E-state index in [-0.39, 0.29) is 24.5 Å². The van der Waals surface area contributed by atoms with Crippen molar-refractivity contribution >= 4 is 29.5 Å². The number of nitrogens with zero attached hydrogens (tertiary/aromatic N) is 1. The van der Waals surface area contributed by atoms with E-state index in [2.05, 4.69) is 4.90 Å². The summed E-state index contributed by atoms with van der Waals surface area (Å²) < 4.78 is 44.0. The van der Waals surface area contributed by atoms with Gasteiger partial charge in [0.25, 0.3) is 0 Å². The average Bonchev–Trinajstić information content (AvgIpc) is 3.48. The van der Waals surface area contributed by atoms with Crippen LogP contribution >= 0.6 is 11.6 Å². The SMILES string of the molecule is CCN1C[C@@]2(COC)C3[C@@H](OC)[C@@H]4[C@@H]1[C@@]3(C1C[C@@]3(O)[C@H](OC(=O)c5ccccc5)C1[C@]4(OC(C)=O)[C@@H](O)[C@@H]3OC)[C@@H](OC)C[C@H]2OC(=O)CCl. The molecule has 2 N–H and O–H groups in total. The number of carbonyl (C=O) groups is 3. The number of likely N-dealkylation sites (tertiary alicyclic amines) is 1. The highest BCUT2D eigenvalue weighted by atomic mass is 35.5. The quantitative estimate of drug-likeness (QED) is 0.192. The molecule has 1 aromatic rings. The van der Waals surface area contributed by atoms with Crippen molar-refractivity contribution < 1.29 is 57.8 Å². The van der Waals surface area contributed by atoms with E-state index in [9.17, 15) is 24.6 Å². The highest BCUT2D eigenvalue weighted by Gasteiger charge is 2.92. The van der Waals surface area contributed by atoms with Crippen LogP contribution in [0.1, 0.15) is 37.0 Å². The van der Waals surface area contributed by atoms with Crippen molar-refractivity contribution in [2.75, 3.05) is 54.0 Å². The summed E-state index contributed by atoms with van der Waals surface area (Å²) in [5.41, 5.74) is -5.06. The first-order valence-corrected chi connectivity index (χ1v) is 17.9. The minimum Gasteiger partial charge on any atom is -0.461 e. The standard InChI is InChI=1S/C36H48ClNO12/c1-7-38-16-33(17-44-3)21(48-23(40)15-37)13-22(45-4)35-20-14-34(43)30(49-32(42)19-11-9-8-10-12-19)24(20)36(50-18(2)39,29(41)31(34)47-6)25(28(35)38)26(46-5)27(33)35/h8-12,20-22,24-31,41,43H,7,13-17H2,1-6H3/t20?,21-,22+,24?,25-,26+,27?,28-,29+,30-,31+,33+,34-,35+,36-/m1/s1. The molecule has 50 heavy (non-hydrogen) atoms. The fourth-order valence-corrected chi connectivity index (χ4v) is 12.7. The third kappa shape index (κ3) is 4.35. The van der Waals surface area contributed by atoms with Gasteiger partial charge >= 0.3 is 17.9 Å². The number of benzene rings is 1. The van der Waals surface area contributed by atoms with Crippen molar-refractivity contribution in [3.05, 3.63) is 35.9 Å². The van der Waals surface area contributed by atoms with Crippen LogP contribution in [-0.4, -0.2) is 141 Å². The Morgan fingerprint density at radius 2 is 1.70 bits per heavy atom. The van der Waals surface area contributed by atoms with Crippen molar-refractivity contribution in [1.82, 2.24) is 4.90 Å². The van der Waals surface area contributed by atoms with E-state index in [0.29, 0.717) is 19.5 Å². The number of rotatable bonds is 11. The Labute approximate surface area is 296 Å². The molecule has 0 aromatic heterocycles. The van der Waals surface area contributed by atoms with Crippen molar-refractivity contribution in [2.24, 2.45) is 34.5 Å². The van der Waals surface area contributed by atoms with Crippen LogP contribution in [0.3, 0.4) is 0 Å². The lowest BCUT2D eigenvalue weighted by Gasteiger charge is -2.70. The smallest absolute Gasteiger partial charge is 0.338 e. The zero-order valence-electron chi connectivity index (χ0n) is 29.3. The van der Waals surface area contributed by atoms with E-state index in [4.69, 9.17) is 44.8 Å². The molecule has 1 saturated heterocycles. The number of hydrogen-bond donors (Lipinski definition) is 2. The number of piperidine rings is 1. The van der Waals surface area contributed by atoms with Gasteiger partial charge in [0.15, 0.2) is 5.60 Å². The van der Waals surface area contributed by atoms with Crippen molar-refractivity contribution in [3.8, 4) is 0 Å². The zero-order chi connectivity index (χ0) is 36.0. The van der Waals surface area contributed by atoms with Crippen LogP contribution in [0, 0.1) is 34.5 Å². The first-order valence-electron chi connectivity index (χ1n) is 17.4. The molecule has 6 aliphatic rings. The summed E-state index contributed by atoms with van der Waals surface area (Å²) >= 11 is 5.99. The predicted octanol–water partition coefficient (Wildman–Crippen LogP) is 1.44. The molecular formula is C36H48ClNO12. The molecule has 13 nitrogen and oxygen atoms in total. The molecule has 0 amide bonds. The van der Waals surface area contributed by atoms with Crippen LogP contribution in [-0.2, 0) is 42.7 Å². The van der Waals surface area contributed by atoms with Crippen LogP contribution < -0.4 is 0 Å². The number of aliphatic hydroxyl groups is 2. The molecule has 3 unspecified atom stereocenters. The molecule has 5 aliphatic carbocycles. The molecule has 14 heteroatoms. The van der Waals surface area contributed by atoms with Gasteiger partial charge in [-0.15, -0.1) is 11.6 Å². The fourth-order valence-electron chi connectivity index (χ4n) is 12.6. The lowest BCUT2D eigenvalue weighted by atomic mass is 9.42. The maximum absolute atomic E-state index is 13.9. The summed E-state index contributed by atoms with van der Waals surface area (Å²) in [6, 6.07) is 8.06. The minimum atomic E-state index is -1.88. The average molecular weight is 722 g/mol. The number of esters is 3. The van der Waals surface area contributed by atoms with Crippen LogP contribution in [0.4, 0.5) is 0 Å². The number of fused-ring (bicyclic) bond motifs is 2. The Bertz CT molecular complexity index is 1500. The van der Waals surface area contributed by atoms with Crippen LogP contribution in [0.5, 0.6) is 0 Å². The summed E-state index contributed by atoms with van der Waals surface area (Å²) in [7, 11) is 6.19. The second-order valence-electron chi connectivity index (χ2n) is 15.0. The van der Waals surface area contributed by atoms with Gasteiger partial charge in [0.2, 0.25) is 0 Å². The van der Waals surface area contributed by atoms with Crippen LogP contribution in [0.25, 0.3) is 0 Å². The zero-order valence-corrected chi connectivity index (χ0v) is 30.0. The monoisotopic (exact) mass is 721 g/mol. The van der Waals surface area contributed by atoms with Crippen molar-refractivity contribution in [3.63, 3.8) is 0 Å². The van der Waals surface area contributed by atoms with Crippen LogP contribution in [0.15, 0.2) is 30.3 Å². The first kappa shape index (κ1) is 36.0. The van der Waals surface area contributed by atoms with Gasteiger partial charge < -0.3 is 43.4 Å². The van der Waals surface area contributed by atoms with Gasteiger partial charge in [0.1, 0.15) is 35.9 Å². The summed E-state index contributed by atoms with van der Waals surface area (Å²) in [5.74, 6) is -4.87. The van der Waals surface area contributed by atoms with Crippen LogP contribution in [0.2, 0.25) is 0 Å². The molecule has 1 spiro atoms. The highest BCUT2D eigenvalue weighted by Crippen LogP contribution is 2.80. The predicted molar refractivity (Wildman–Crippen MR) is 175 cm³/mol. The van der Waals surface area contributed by atoms with Gasteiger partial charge in [0, 0.05) is 83.0 Å². The van der Waals surface area contributed by atoms with E-state index >= 15 is 0 Å². The Hall–Kier alpha value is -2.36. The van der Waals surface area contributed by atoms with Gasteiger partial charge in [-0.2, -0.15) is 0 Å². The van der Waals surface area contributed by atoms with Crippen molar-refractivity contribution in [1.29, 1.82) is 0 Å². The van der Waals surface area contributed by atoms with E-state index in [1.54, 1.807) is 51.7 Å². The van der Waals surface area contributed by atoms with Gasteiger partial charge in [-0.25, -0.2) is 4.79 Å². The molecule has 1 aliphatic heterocycles. The van der Waals surface area contributed by atoms with E-state index in [1.807, 2.05) is 6.92 Å². The van der Waals surface area contributed by atoms with Gasteiger partial charge in [-0.1, -0.05) is 25.1 Å². The summed E-state index contributed by atoms with van der Waals surface area (Å²) in [5, 5.41) is 25.5.